The van der Waals surface area contributed by atoms with E-state index in [9.17, 15) is 0 Å². The van der Waals surface area contributed by atoms with Crippen LogP contribution in [0.25, 0.3) is 87.5 Å². The minimum absolute atomic E-state index is 0.283. The molecule has 2 aromatic heterocycles. The maximum atomic E-state index is 5.15. The second-order valence-electron chi connectivity index (χ2n) is 15.0. The van der Waals surface area contributed by atoms with Gasteiger partial charge in [0.1, 0.15) is 0 Å². The van der Waals surface area contributed by atoms with Gasteiger partial charge in [0.15, 0.2) is 5.82 Å². The Labute approximate surface area is 336 Å². The summed E-state index contributed by atoms with van der Waals surface area (Å²) in [6.45, 7) is 2.38. The second-order valence-corrected chi connectivity index (χ2v) is 16.1. The lowest BCUT2D eigenvalue weighted by Gasteiger charge is -2.30. The van der Waals surface area contributed by atoms with Crippen molar-refractivity contribution in [2.45, 2.75) is 12.3 Å². The fourth-order valence-corrected chi connectivity index (χ4v) is 10.2. The predicted molar refractivity (Wildman–Crippen MR) is 240 cm³/mol. The van der Waals surface area contributed by atoms with E-state index in [4.69, 9.17) is 9.97 Å². The zero-order chi connectivity index (χ0) is 37.9. The molecule has 57 heavy (non-hydrogen) atoms. The van der Waals surface area contributed by atoms with Crippen molar-refractivity contribution in [3.63, 3.8) is 0 Å². The topological polar surface area (TPSA) is 25.8 Å². The number of rotatable bonds is 6. The third-order valence-corrected chi connectivity index (χ3v) is 13.1. The van der Waals surface area contributed by atoms with Gasteiger partial charge in [-0.2, -0.15) is 0 Å². The van der Waals surface area contributed by atoms with Crippen LogP contribution in [0.5, 0.6) is 0 Å². The Bertz CT molecular complexity index is 3080. The van der Waals surface area contributed by atoms with E-state index in [2.05, 4.69) is 189 Å². The normalized spacial score (nSPS) is 12.8. The molecule has 0 bridgehead atoms. The van der Waals surface area contributed by atoms with Crippen LogP contribution in [0.4, 0.5) is 0 Å². The molecule has 0 radical (unpaired) electrons. The first kappa shape index (κ1) is 33.4. The number of nitrogens with zero attached hydrogens (tertiary/aromatic N) is 2. The van der Waals surface area contributed by atoms with Crippen LogP contribution in [-0.2, 0) is 5.41 Å². The molecular weight excluding hydrogens is 709 g/mol. The second kappa shape index (κ2) is 13.4. The highest BCUT2D eigenvalue weighted by atomic mass is 32.1. The number of thiophene rings is 1. The summed E-state index contributed by atoms with van der Waals surface area (Å²) in [5.41, 5.74) is 16.1. The lowest BCUT2D eigenvalue weighted by atomic mass is 9.71. The molecular formula is C54H36N2S. The molecule has 268 valence electrons. The average Bonchev–Trinajstić information content (AvgIpc) is 3.80. The highest BCUT2D eigenvalue weighted by Crippen LogP contribution is 2.54. The molecule has 0 amide bonds. The summed E-state index contributed by atoms with van der Waals surface area (Å²) in [7, 11) is 0. The van der Waals surface area contributed by atoms with Gasteiger partial charge in [0, 0.05) is 42.3 Å². The fraction of sp³-hybridized carbons (Fsp3) is 0.0370. The Kier molecular flexibility index (Phi) is 7.84. The van der Waals surface area contributed by atoms with Gasteiger partial charge in [0.25, 0.3) is 0 Å². The maximum Gasteiger partial charge on any atom is 0.160 e. The number of fused-ring (bicyclic) bond motifs is 6. The van der Waals surface area contributed by atoms with E-state index in [1.165, 1.54) is 70.2 Å². The van der Waals surface area contributed by atoms with Crippen LogP contribution in [0, 0.1) is 0 Å². The van der Waals surface area contributed by atoms with Gasteiger partial charge in [-0.05, 0) is 69.1 Å². The Morgan fingerprint density at radius 3 is 1.46 bits per heavy atom. The zero-order valence-electron chi connectivity index (χ0n) is 31.4. The predicted octanol–water partition coefficient (Wildman–Crippen LogP) is 14.5. The molecule has 0 aliphatic heterocycles. The van der Waals surface area contributed by atoms with Gasteiger partial charge in [-0.25, -0.2) is 9.97 Å². The standard InChI is InChI=1S/C54H36N2S/c1-54(47-23-10-6-17-42(47)43-18-7-11-24-48(43)54)46-22-9-5-16-40(46)35-26-30-37(31-27-35)49-34-50(56-53(55-49)39-14-3-2-4-15-39)38-32-28-36(29-33-38)41-20-13-21-45-44-19-8-12-25-51(44)57-52(41)45/h2-34H,1H3. The van der Waals surface area contributed by atoms with Crippen molar-refractivity contribution in [1.29, 1.82) is 0 Å². The number of hydrogen-bond acceptors (Lipinski definition) is 3. The molecule has 2 nitrogen and oxygen atoms in total. The van der Waals surface area contributed by atoms with E-state index >= 15 is 0 Å². The summed E-state index contributed by atoms with van der Waals surface area (Å²) in [4.78, 5) is 10.3. The quantitative estimate of drug-likeness (QED) is 0.169. The van der Waals surface area contributed by atoms with Crippen molar-refractivity contribution in [3.05, 3.63) is 217 Å². The highest BCUT2D eigenvalue weighted by molar-refractivity contribution is 7.26. The molecule has 10 aromatic rings. The summed E-state index contributed by atoms with van der Waals surface area (Å²) in [5.74, 6) is 0.711. The van der Waals surface area contributed by atoms with Gasteiger partial charge in [-0.3, -0.25) is 0 Å². The van der Waals surface area contributed by atoms with Crippen LogP contribution in [-0.4, -0.2) is 9.97 Å². The van der Waals surface area contributed by atoms with Crippen molar-refractivity contribution in [2.24, 2.45) is 0 Å². The van der Waals surface area contributed by atoms with Crippen LogP contribution in [0.3, 0.4) is 0 Å². The molecule has 0 saturated carbocycles. The van der Waals surface area contributed by atoms with E-state index in [0.717, 1.165) is 28.1 Å². The molecule has 1 aliphatic rings. The van der Waals surface area contributed by atoms with Crippen LogP contribution in [0.1, 0.15) is 23.6 Å². The molecule has 8 aromatic carbocycles. The summed E-state index contributed by atoms with van der Waals surface area (Å²) < 4.78 is 2.63. The summed E-state index contributed by atoms with van der Waals surface area (Å²) in [6.07, 6.45) is 0. The smallest absolute Gasteiger partial charge is 0.160 e. The van der Waals surface area contributed by atoms with Gasteiger partial charge < -0.3 is 0 Å². The SMILES string of the molecule is CC1(c2ccccc2-c2ccc(-c3cc(-c4ccc(-c5cccc6c5sc5ccccc56)cc4)nc(-c4ccccc4)n3)cc2)c2ccccc2-c2ccccc21. The Balaban J connectivity index is 0.977. The fourth-order valence-electron chi connectivity index (χ4n) is 8.99. The molecule has 0 fully saturated rings. The van der Waals surface area contributed by atoms with Crippen LogP contribution in [0.15, 0.2) is 200 Å². The molecule has 1 aliphatic carbocycles. The number of aromatic nitrogens is 2. The van der Waals surface area contributed by atoms with Crippen LogP contribution < -0.4 is 0 Å². The van der Waals surface area contributed by atoms with Gasteiger partial charge in [-0.15, -0.1) is 11.3 Å². The largest absolute Gasteiger partial charge is 0.228 e. The lowest BCUT2D eigenvalue weighted by Crippen LogP contribution is -2.23. The van der Waals surface area contributed by atoms with E-state index in [1.807, 2.05) is 29.5 Å². The monoisotopic (exact) mass is 744 g/mol. The number of benzene rings is 8. The minimum atomic E-state index is -0.283. The third kappa shape index (κ3) is 5.46. The molecule has 0 saturated heterocycles. The summed E-state index contributed by atoms with van der Waals surface area (Å²) >= 11 is 1.86. The van der Waals surface area contributed by atoms with Crippen molar-refractivity contribution < 1.29 is 0 Å². The molecule has 0 spiro atoms. The van der Waals surface area contributed by atoms with E-state index < -0.39 is 0 Å². The van der Waals surface area contributed by atoms with Gasteiger partial charge in [-0.1, -0.05) is 188 Å². The molecule has 11 rings (SSSR count). The van der Waals surface area contributed by atoms with Crippen molar-refractivity contribution in [3.8, 4) is 67.3 Å². The van der Waals surface area contributed by atoms with E-state index in [1.54, 1.807) is 0 Å². The van der Waals surface area contributed by atoms with Crippen molar-refractivity contribution in [2.75, 3.05) is 0 Å². The summed E-state index contributed by atoms with van der Waals surface area (Å²) in [5, 5.41) is 2.62. The van der Waals surface area contributed by atoms with Crippen LogP contribution >= 0.6 is 11.3 Å². The molecule has 0 unspecified atom stereocenters. The first-order valence-electron chi connectivity index (χ1n) is 19.5. The molecule has 3 heteroatoms. The summed E-state index contributed by atoms with van der Waals surface area (Å²) in [6, 6.07) is 72.1. The average molecular weight is 745 g/mol. The Morgan fingerprint density at radius 1 is 0.368 bits per heavy atom. The maximum absolute atomic E-state index is 5.15. The first-order valence-corrected chi connectivity index (χ1v) is 20.3. The van der Waals surface area contributed by atoms with E-state index in [0.29, 0.717) is 5.82 Å². The van der Waals surface area contributed by atoms with E-state index in [-0.39, 0.29) is 5.41 Å². The zero-order valence-corrected chi connectivity index (χ0v) is 32.2. The molecule has 0 atom stereocenters. The third-order valence-electron chi connectivity index (χ3n) is 11.8. The Hall–Kier alpha value is -6.94. The lowest BCUT2D eigenvalue weighted by molar-refractivity contribution is 0.716. The first-order chi connectivity index (χ1) is 28.1. The van der Waals surface area contributed by atoms with Crippen molar-refractivity contribution >= 4 is 31.5 Å². The highest BCUT2D eigenvalue weighted by Gasteiger charge is 2.41. The van der Waals surface area contributed by atoms with Crippen LogP contribution in [0.2, 0.25) is 0 Å². The molecule has 2 heterocycles. The van der Waals surface area contributed by atoms with Gasteiger partial charge in [0.05, 0.1) is 11.4 Å². The minimum Gasteiger partial charge on any atom is -0.228 e. The van der Waals surface area contributed by atoms with Gasteiger partial charge >= 0.3 is 0 Å². The Morgan fingerprint density at radius 2 is 0.825 bits per heavy atom. The molecule has 0 N–H and O–H groups in total. The van der Waals surface area contributed by atoms with Crippen molar-refractivity contribution in [1.82, 2.24) is 9.97 Å². The number of hydrogen-bond donors (Lipinski definition) is 0. The van der Waals surface area contributed by atoms with Gasteiger partial charge in [0.2, 0.25) is 0 Å².